The van der Waals surface area contributed by atoms with Crippen LogP contribution in [-0.4, -0.2) is 25.7 Å². The summed E-state index contributed by atoms with van der Waals surface area (Å²) in [5.41, 5.74) is 0. The number of nitrogens with one attached hydrogen (secondary N) is 1. The third kappa shape index (κ3) is 4.28. The maximum Gasteiger partial charge on any atom is 0.260 e. The number of methoxy groups -OCH3 is 1. The van der Waals surface area contributed by atoms with Crippen LogP contribution in [0.4, 0.5) is 0 Å². The molecule has 1 N–H and O–H groups in total. The number of ether oxygens (including phenoxy) is 2. The van der Waals surface area contributed by atoms with Crippen molar-refractivity contribution >= 4 is 5.91 Å². The van der Waals surface area contributed by atoms with E-state index < -0.39 is 6.10 Å². The number of amides is 1. The van der Waals surface area contributed by atoms with Crippen molar-refractivity contribution in [2.45, 2.75) is 32.8 Å². The van der Waals surface area contributed by atoms with Gasteiger partial charge in [0.05, 0.1) is 7.11 Å². The summed E-state index contributed by atoms with van der Waals surface area (Å²) in [6.45, 7) is 4.50. The molecule has 4 heteroatoms. The predicted octanol–water partition coefficient (Wildman–Crippen LogP) is 2.38. The molecule has 0 fully saturated rings. The van der Waals surface area contributed by atoms with E-state index in [1.165, 1.54) is 0 Å². The summed E-state index contributed by atoms with van der Waals surface area (Å²) >= 11 is 0. The van der Waals surface area contributed by atoms with Gasteiger partial charge in [-0.2, -0.15) is 0 Å². The van der Waals surface area contributed by atoms with Crippen LogP contribution in [0.2, 0.25) is 0 Å². The average molecular weight is 251 g/mol. The van der Waals surface area contributed by atoms with Crippen molar-refractivity contribution in [1.82, 2.24) is 5.32 Å². The first-order valence-electron chi connectivity index (χ1n) is 6.26. The van der Waals surface area contributed by atoms with Gasteiger partial charge < -0.3 is 14.8 Å². The van der Waals surface area contributed by atoms with E-state index in [-0.39, 0.29) is 5.91 Å². The fourth-order valence-electron chi connectivity index (χ4n) is 1.49. The highest BCUT2D eigenvalue weighted by Crippen LogP contribution is 2.26. The summed E-state index contributed by atoms with van der Waals surface area (Å²) in [5, 5.41) is 2.84. The molecule has 0 aliphatic rings. The molecule has 0 heterocycles. The minimum Gasteiger partial charge on any atom is -0.493 e. The maximum atomic E-state index is 11.7. The maximum absolute atomic E-state index is 11.7. The largest absolute Gasteiger partial charge is 0.493 e. The first-order chi connectivity index (χ1) is 8.69. The Kier molecular flexibility index (Phi) is 6.05. The quantitative estimate of drug-likeness (QED) is 0.757. The number of rotatable bonds is 7. The second kappa shape index (κ2) is 7.58. The molecule has 0 aliphatic heterocycles. The summed E-state index contributed by atoms with van der Waals surface area (Å²) in [4.78, 5) is 11.7. The molecule has 1 aromatic rings. The van der Waals surface area contributed by atoms with Gasteiger partial charge >= 0.3 is 0 Å². The van der Waals surface area contributed by atoms with Crippen molar-refractivity contribution in [2.24, 2.45) is 0 Å². The molecule has 0 aromatic heterocycles. The molecule has 1 rings (SSSR count). The zero-order valence-electron chi connectivity index (χ0n) is 11.2. The Hall–Kier alpha value is -1.71. The molecule has 0 spiro atoms. The standard InChI is InChI=1S/C14H21NO3/c1-4-5-10-15-14(16)11(2)18-13-9-7-6-8-12(13)17-3/h6-9,11H,4-5,10H2,1-3H3,(H,15,16). The third-order valence-electron chi connectivity index (χ3n) is 2.57. The average Bonchev–Trinajstić information content (AvgIpc) is 2.39. The van der Waals surface area contributed by atoms with E-state index in [1.807, 2.05) is 12.1 Å². The van der Waals surface area contributed by atoms with Crippen LogP contribution in [0.5, 0.6) is 11.5 Å². The molecule has 0 bridgehead atoms. The SMILES string of the molecule is CCCCNC(=O)C(C)Oc1ccccc1OC. The van der Waals surface area contributed by atoms with E-state index in [1.54, 1.807) is 26.2 Å². The summed E-state index contributed by atoms with van der Waals surface area (Å²) in [6, 6.07) is 7.29. The highest BCUT2D eigenvalue weighted by molar-refractivity contribution is 5.80. The molecular formula is C14H21NO3. The number of carbonyl (C=O) groups excluding carboxylic acids is 1. The Morgan fingerprint density at radius 1 is 1.33 bits per heavy atom. The van der Waals surface area contributed by atoms with Crippen LogP contribution in [0.15, 0.2) is 24.3 Å². The van der Waals surface area contributed by atoms with Gasteiger partial charge in [0, 0.05) is 6.54 Å². The minimum atomic E-state index is -0.529. The van der Waals surface area contributed by atoms with Crippen LogP contribution in [-0.2, 0) is 4.79 Å². The molecular weight excluding hydrogens is 230 g/mol. The van der Waals surface area contributed by atoms with Gasteiger partial charge in [0.15, 0.2) is 17.6 Å². The Morgan fingerprint density at radius 2 is 2.00 bits per heavy atom. The summed E-state index contributed by atoms with van der Waals surface area (Å²) in [6.07, 6.45) is 1.51. The van der Waals surface area contributed by atoms with E-state index in [2.05, 4.69) is 12.2 Å². The van der Waals surface area contributed by atoms with Crippen LogP contribution in [0.3, 0.4) is 0 Å². The van der Waals surface area contributed by atoms with Crippen LogP contribution in [0.1, 0.15) is 26.7 Å². The normalized spacial score (nSPS) is 11.7. The number of para-hydroxylation sites is 2. The molecule has 100 valence electrons. The molecule has 0 saturated heterocycles. The number of hydrogen-bond acceptors (Lipinski definition) is 3. The van der Waals surface area contributed by atoms with E-state index in [0.717, 1.165) is 12.8 Å². The zero-order chi connectivity index (χ0) is 13.4. The lowest BCUT2D eigenvalue weighted by molar-refractivity contribution is -0.127. The molecule has 4 nitrogen and oxygen atoms in total. The summed E-state index contributed by atoms with van der Waals surface area (Å²) in [5.74, 6) is 1.11. The monoisotopic (exact) mass is 251 g/mol. The summed E-state index contributed by atoms with van der Waals surface area (Å²) in [7, 11) is 1.58. The lowest BCUT2D eigenvalue weighted by atomic mass is 10.3. The summed E-state index contributed by atoms with van der Waals surface area (Å²) < 4.78 is 10.8. The fourth-order valence-corrected chi connectivity index (χ4v) is 1.49. The number of unbranched alkanes of at least 4 members (excludes halogenated alkanes) is 1. The number of benzene rings is 1. The van der Waals surface area contributed by atoms with E-state index in [0.29, 0.717) is 18.0 Å². The molecule has 0 radical (unpaired) electrons. The van der Waals surface area contributed by atoms with Crippen molar-refractivity contribution in [2.75, 3.05) is 13.7 Å². The lowest BCUT2D eigenvalue weighted by Gasteiger charge is -2.16. The van der Waals surface area contributed by atoms with Crippen LogP contribution in [0, 0.1) is 0 Å². The van der Waals surface area contributed by atoms with Gasteiger partial charge in [0.25, 0.3) is 5.91 Å². The Morgan fingerprint density at radius 3 is 2.61 bits per heavy atom. The van der Waals surface area contributed by atoms with Gasteiger partial charge in [-0.05, 0) is 25.5 Å². The predicted molar refractivity (Wildman–Crippen MR) is 71.0 cm³/mol. The van der Waals surface area contributed by atoms with Crippen molar-refractivity contribution in [3.63, 3.8) is 0 Å². The highest BCUT2D eigenvalue weighted by atomic mass is 16.5. The van der Waals surface area contributed by atoms with Crippen molar-refractivity contribution in [3.8, 4) is 11.5 Å². The van der Waals surface area contributed by atoms with Crippen LogP contribution in [0.25, 0.3) is 0 Å². The van der Waals surface area contributed by atoms with Gasteiger partial charge in [0.2, 0.25) is 0 Å². The first-order valence-corrected chi connectivity index (χ1v) is 6.26. The highest BCUT2D eigenvalue weighted by Gasteiger charge is 2.15. The number of hydrogen-bond donors (Lipinski definition) is 1. The molecule has 1 atom stereocenters. The molecule has 1 unspecified atom stereocenters. The van der Waals surface area contributed by atoms with Gasteiger partial charge in [-0.15, -0.1) is 0 Å². The number of carbonyl (C=O) groups is 1. The van der Waals surface area contributed by atoms with E-state index >= 15 is 0 Å². The van der Waals surface area contributed by atoms with Crippen molar-refractivity contribution in [1.29, 1.82) is 0 Å². The van der Waals surface area contributed by atoms with Gasteiger partial charge in [-0.1, -0.05) is 25.5 Å². The fraction of sp³-hybridized carbons (Fsp3) is 0.500. The van der Waals surface area contributed by atoms with E-state index in [9.17, 15) is 4.79 Å². The second-order valence-corrected chi connectivity index (χ2v) is 4.06. The third-order valence-corrected chi connectivity index (χ3v) is 2.57. The molecule has 1 aromatic carbocycles. The topological polar surface area (TPSA) is 47.6 Å². The zero-order valence-corrected chi connectivity index (χ0v) is 11.2. The van der Waals surface area contributed by atoms with Crippen LogP contribution >= 0.6 is 0 Å². The Labute approximate surface area is 108 Å². The minimum absolute atomic E-state index is 0.102. The second-order valence-electron chi connectivity index (χ2n) is 4.06. The van der Waals surface area contributed by atoms with Gasteiger partial charge in [-0.3, -0.25) is 4.79 Å². The molecule has 18 heavy (non-hydrogen) atoms. The van der Waals surface area contributed by atoms with Crippen molar-refractivity contribution < 1.29 is 14.3 Å². The Bertz CT molecular complexity index is 379. The van der Waals surface area contributed by atoms with Gasteiger partial charge in [-0.25, -0.2) is 0 Å². The molecule has 0 saturated carbocycles. The van der Waals surface area contributed by atoms with Gasteiger partial charge in [0.1, 0.15) is 0 Å². The Balaban J connectivity index is 2.52. The van der Waals surface area contributed by atoms with E-state index in [4.69, 9.17) is 9.47 Å². The molecule has 1 amide bonds. The molecule has 0 aliphatic carbocycles. The van der Waals surface area contributed by atoms with Crippen molar-refractivity contribution in [3.05, 3.63) is 24.3 Å². The lowest BCUT2D eigenvalue weighted by Crippen LogP contribution is -2.36. The van der Waals surface area contributed by atoms with Crippen LogP contribution < -0.4 is 14.8 Å². The first kappa shape index (κ1) is 14.4. The smallest absolute Gasteiger partial charge is 0.260 e.